The zero-order valence-corrected chi connectivity index (χ0v) is 18.3. The Morgan fingerprint density at radius 1 is 1.00 bits per heavy atom. The number of aryl methyl sites for hydroxylation is 1. The van der Waals surface area contributed by atoms with Crippen molar-refractivity contribution in [1.82, 2.24) is 0 Å². The first-order valence-corrected chi connectivity index (χ1v) is 10.3. The molecule has 2 heterocycles. The van der Waals surface area contributed by atoms with Crippen molar-refractivity contribution in [3.63, 3.8) is 0 Å². The van der Waals surface area contributed by atoms with Crippen molar-refractivity contribution >= 4 is 28.4 Å². The van der Waals surface area contributed by atoms with E-state index in [4.69, 9.17) is 9.15 Å². The van der Waals surface area contributed by atoms with E-state index >= 15 is 0 Å². The smallest absolute Gasteiger partial charge is 0.315 e. The number of ether oxygens (including phenoxy) is 1. The van der Waals surface area contributed by atoms with Crippen LogP contribution in [0.5, 0.6) is 0 Å². The molecule has 0 amide bonds. The standard InChI is InChI=1S/C26H23NO5/c1-14-13-20(28)18-11-8-12-19(25(18)32-14)23-21(24(29)17-9-6-5-7-10-17)15(2)27-16(3)22(23)26(30)31-4/h5-13,22-23H,1-4H3. The van der Waals surface area contributed by atoms with E-state index in [-0.39, 0.29) is 11.2 Å². The molecule has 2 aromatic carbocycles. The predicted octanol–water partition coefficient (Wildman–Crippen LogP) is 4.61. The van der Waals surface area contributed by atoms with Gasteiger partial charge in [-0.2, -0.15) is 0 Å². The fourth-order valence-electron chi connectivity index (χ4n) is 4.41. The topological polar surface area (TPSA) is 85.9 Å². The molecule has 2 unspecified atom stereocenters. The lowest BCUT2D eigenvalue weighted by Crippen LogP contribution is -2.36. The number of allylic oxidation sites excluding steroid dienone is 2. The van der Waals surface area contributed by atoms with E-state index in [2.05, 4.69) is 4.99 Å². The van der Waals surface area contributed by atoms with Crippen molar-refractivity contribution in [2.75, 3.05) is 7.11 Å². The molecule has 0 bridgehead atoms. The van der Waals surface area contributed by atoms with Gasteiger partial charge in [-0.05, 0) is 26.8 Å². The molecule has 0 aliphatic carbocycles. The van der Waals surface area contributed by atoms with Gasteiger partial charge in [0.2, 0.25) is 0 Å². The van der Waals surface area contributed by atoms with Gasteiger partial charge in [-0.15, -0.1) is 0 Å². The Labute approximate surface area is 185 Å². The van der Waals surface area contributed by atoms with Gasteiger partial charge >= 0.3 is 5.97 Å². The van der Waals surface area contributed by atoms with Gasteiger partial charge in [0.1, 0.15) is 17.3 Å². The van der Waals surface area contributed by atoms with E-state index in [1.165, 1.54) is 13.2 Å². The Morgan fingerprint density at radius 3 is 2.41 bits per heavy atom. The minimum atomic E-state index is -0.831. The average Bonchev–Trinajstić information content (AvgIpc) is 2.78. The molecule has 6 nitrogen and oxygen atoms in total. The molecule has 162 valence electrons. The van der Waals surface area contributed by atoms with Crippen molar-refractivity contribution in [2.45, 2.75) is 26.7 Å². The Bertz CT molecular complexity index is 1350. The highest BCUT2D eigenvalue weighted by Gasteiger charge is 2.42. The molecule has 0 saturated carbocycles. The number of fused-ring (bicyclic) bond motifs is 1. The van der Waals surface area contributed by atoms with Gasteiger partial charge in [-0.3, -0.25) is 19.4 Å². The van der Waals surface area contributed by atoms with Gasteiger partial charge in [0, 0.05) is 40.1 Å². The minimum Gasteiger partial charge on any atom is -0.468 e. The highest BCUT2D eigenvalue weighted by Crippen LogP contribution is 2.43. The number of carbonyl (C=O) groups is 2. The third kappa shape index (κ3) is 3.58. The molecule has 32 heavy (non-hydrogen) atoms. The number of rotatable bonds is 4. The van der Waals surface area contributed by atoms with Crippen molar-refractivity contribution in [1.29, 1.82) is 0 Å². The summed E-state index contributed by atoms with van der Waals surface area (Å²) in [6, 6.07) is 15.5. The second-order valence-corrected chi connectivity index (χ2v) is 7.87. The molecule has 0 spiro atoms. The van der Waals surface area contributed by atoms with Crippen LogP contribution >= 0.6 is 0 Å². The van der Waals surface area contributed by atoms with Crippen LogP contribution < -0.4 is 5.43 Å². The fourth-order valence-corrected chi connectivity index (χ4v) is 4.41. The van der Waals surface area contributed by atoms with E-state index in [1.807, 2.05) is 6.07 Å². The molecule has 1 aromatic heterocycles. The highest BCUT2D eigenvalue weighted by molar-refractivity contribution is 6.14. The first-order valence-electron chi connectivity index (χ1n) is 10.3. The van der Waals surface area contributed by atoms with E-state index in [0.29, 0.717) is 44.8 Å². The summed E-state index contributed by atoms with van der Waals surface area (Å²) < 4.78 is 11.1. The molecule has 2 atom stereocenters. The monoisotopic (exact) mass is 429 g/mol. The molecule has 1 aliphatic rings. The van der Waals surface area contributed by atoms with Gasteiger partial charge in [-0.25, -0.2) is 0 Å². The van der Waals surface area contributed by atoms with Crippen LogP contribution in [0.25, 0.3) is 11.0 Å². The van der Waals surface area contributed by atoms with Gasteiger partial charge in [-0.1, -0.05) is 42.5 Å². The lowest BCUT2D eigenvalue weighted by molar-refractivity contribution is -0.143. The number of Topliss-reactive ketones (excluding diaryl/α,β-unsaturated/α-hetero) is 1. The number of nitrogens with zero attached hydrogens (tertiary/aromatic N) is 1. The van der Waals surface area contributed by atoms with Crippen LogP contribution in [0.3, 0.4) is 0 Å². The summed E-state index contributed by atoms with van der Waals surface area (Å²) >= 11 is 0. The number of hydrogen-bond acceptors (Lipinski definition) is 6. The van der Waals surface area contributed by atoms with Crippen LogP contribution in [0.4, 0.5) is 0 Å². The molecule has 0 saturated heterocycles. The van der Waals surface area contributed by atoms with Crippen LogP contribution in [-0.2, 0) is 9.53 Å². The maximum absolute atomic E-state index is 13.7. The van der Waals surface area contributed by atoms with Crippen LogP contribution in [-0.4, -0.2) is 24.6 Å². The molecular formula is C26H23NO5. The van der Waals surface area contributed by atoms with E-state index < -0.39 is 17.8 Å². The second kappa shape index (κ2) is 8.38. The molecule has 1 aliphatic heterocycles. The normalized spacial score (nSPS) is 18.4. The molecule has 0 fully saturated rings. The van der Waals surface area contributed by atoms with Crippen molar-refractivity contribution in [3.8, 4) is 0 Å². The zero-order chi connectivity index (χ0) is 23.0. The lowest BCUT2D eigenvalue weighted by Gasteiger charge is -2.32. The van der Waals surface area contributed by atoms with Gasteiger partial charge in [0.25, 0.3) is 0 Å². The van der Waals surface area contributed by atoms with Crippen LogP contribution in [0.15, 0.2) is 80.1 Å². The second-order valence-electron chi connectivity index (χ2n) is 7.87. The summed E-state index contributed by atoms with van der Waals surface area (Å²) in [6.45, 7) is 5.20. The van der Waals surface area contributed by atoms with Crippen molar-refractivity contribution < 1.29 is 18.7 Å². The molecule has 3 aromatic rings. The quantitative estimate of drug-likeness (QED) is 0.447. The third-order valence-electron chi connectivity index (χ3n) is 5.81. The number of benzene rings is 2. The molecule has 6 heteroatoms. The Kier molecular flexibility index (Phi) is 5.61. The summed E-state index contributed by atoms with van der Waals surface area (Å²) in [5, 5.41) is 0.390. The van der Waals surface area contributed by atoms with E-state index in [1.54, 1.807) is 63.2 Å². The zero-order valence-electron chi connectivity index (χ0n) is 18.3. The number of methoxy groups -OCH3 is 1. The predicted molar refractivity (Wildman–Crippen MR) is 122 cm³/mol. The Morgan fingerprint density at radius 2 is 1.72 bits per heavy atom. The van der Waals surface area contributed by atoms with Crippen LogP contribution in [0, 0.1) is 12.8 Å². The summed E-state index contributed by atoms with van der Waals surface area (Å²) in [5.74, 6) is -1.84. The Hall–Kier alpha value is -3.80. The molecule has 0 radical (unpaired) electrons. The minimum absolute atomic E-state index is 0.182. The molecule has 4 rings (SSSR count). The summed E-state index contributed by atoms with van der Waals surface area (Å²) in [6.07, 6.45) is 0. The Balaban J connectivity index is 2.04. The molecular weight excluding hydrogens is 406 g/mol. The van der Waals surface area contributed by atoms with Gasteiger partial charge in [0.15, 0.2) is 11.2 Å². The fraction of sp³-hybridized carbons (Fsp3) is 0.231. The average molecular weight is 429 g/mol. The highest BCUT2D eigenvalue weighted by atomic mass is 16.5. The summed E-state index contributed by atoms with van der Waals surface area (Å²) in [5.41, 5.74) is 2.68. The number of aliphatic imine (C=N–C) groups is 1. The largest absolute Gasteiger partial charge is 0.468 e. The van der Waals surface area contributed by atoms with Crippen molar-refractivity contribution in [2.24, 2.45) is 10.9 Å². The van der Waals surface area contributed by atoms with Gasteiger partial charge < -0.3 is 9.15 Å². The number of carbonyl (C=O) groups excluding carboxylic acids is 2. The maximum atomic E-state index is 13.7. The van der Waals surface area contributed by atoms with E-state index in [0.717, 1.165) is 0 Å². The lowest BCUT2D eigenvalue weighted by atomic mass is 9.73. The number of ketones is 1. The summed E-state index contributed by atoms with van der Waals surface area (Å²) in [7, 11) is 1.31. The van der Waals surface area contributed by atoms with E-state index in [9.17, 15) is 14.4 Å². The van der Waals surface area contributed by atoms with Crippen molar-refractivity contribution in [3.05, 3.63) is 93.0 Å². The molecule has 0 N–H and O–H groups in total. The van der Waals surface area contributed by atoms with Crippen LogP contribution in [0.2, 0.25) is 0 Å². The maximum Gasteiger partial charge on any atom is 0.315 e. The number of hydrogen-bond donors (Lipinski definition) is 0. The number of para-hydroxylation sites is 1. The van der Waals surface area contributed by atoms with Crippen LogP contribution in [0.1, 0.15) is 41.4 Å². The van der Waals surface area contributed by atoms with Gasteiger partial charge in [0.05, 0.1) is 12.5 Å². The number of esters is 1. The SMILES string of the molecule is COC(=O)C1C(C)=NC(C)=C(C(=O)c2ccccc2)C1c1cccc2c(=O)cc(C)oc12. The third-order valence-corrected chi connectivity index (χ3v) is 5.81. The first kappa shape index (κ1) is 21.4. The first-order chi connectivity index (χ1) is 15.3. The summed E-state index contributed by atoms with van der Waals surface area (Å²) in [4.78, 5) is 43.7.